The van der Waals surface area contributed by atoms with Crippen molar-refractivity contribution in [3.63, 3.8) is 0 Å². The van der Waals surface area contributed by atoms with Crippen molar-refractivity contribution < 1.29 is 0 Å². The topological polar surface area (TPSA) is 38.9 Å². The Balaban J connectivity index is 2.00. The van der Waals surface area contributed by atoms with Gasteiger partial charge in [0.2, 0.25) is 0 Å². The van der Waals surface area contributed by atoms with Crippen molar-refractivity contribution in [2.75, 3.05) is 0 Å². The van der Waals surface area contributed by atoms with E-state index < -0.39 is 0 Å². The number of aromatic nitrogens is 1. The van der Waals surface area contributed by atoms with Crippen molar-refractivity contribution in [1.29, 1.82) is 0 Å². The lowest BCUT2D eigenvalue weighted by atomic mass is 9.99. The minimum atomic E-state index is 0.301. The zero-order chi connectivity index (χ0) is 11.8. The van der Waals surface area contributed by atoms with Gasteiger partial charge >= 0.3 is 0 Å². The standard InChI is InChI=1S/C13H13ClN2S/c14-9-3-1-2-8(6-9)13-16-11-5-4-10(15)7-12(11)17-13/h1-3,6,10H,4-5,7,15H2. The van der Waals surface area contributed by atoms with E-state index in [1.807, 2.05) is 18.2 Å². The molecule has 0 amide bonds. The van der Waals surface area contributed by atoms with Crippen molar-refractivity contribution in [1.82, 2.24) is 4.98 Å². The molecule has 88 valence electrons. The molecule has 3 rings (SSSR count). The summed E-state index contributed by atoms with van der Waals surface area (Å²) in [4.78, 5) is 6.05. The summed E-state index contributed by atoms with van der Waals surface area (Å²) in [5.41, 5.74) is 8.31. The molecule has 0 saturated carbocycles. The van der Waals surface area contributed by atoms with E-state index in [1.54, 1.807) is 11.3 Å². The van der Waals surface area contributed by atoms with Crippen LogP contribution < -0.4 is 5.73 Å². The van der Waals surface area contributed by atoms with Crippen LogP contribution in [0.5, 0.6) is 0 Å². The van der Waals surface area contributed by atoms with Gasteiger partial charge in [0, 0.05) is 21.5 Å². The molecule has 2 nitrogen and oxygen atoms in total. The third-order valence-corrected chi connectivity index (χ3v) is 4.45. The summed E-state index contributed by atoms with van der Waals surface area (Å²) in [5, 5.41) is 1.82. The molecule has 1 aromatic heterocycles. The number of nitrogens with zero attached hydrogens (tertiary/aromatic N) is 1. The quantitative estimate of drug-likeness (QED) is 0.859. The van der Waals surface area contributed by atoms with Crippen LogP contribution in [0.25, 0.3) is 10.6 Å². The van der Waals surface area contributed by atoms with Crippen LogP contribution in [0.4, 0.5) is 0 Å². The number of hydrogen-bond acceptors (Lipinski definition) is 3. The van der Waals surface area contributed by atoms with E-state index in [2.05, 4.69) is 6.07 Å². The lowest BCUT2D eigenvalue weighted by Crippen LogP contribution is -2.26. The van der Waals surface area contributed by atoms with Crippen molar-refractivity contribution in [2.45, 2.75) is 25.3 Å². The normalized spacial score (nSPS) is 19.1. The molecular formula is C13H13ClN2S. The molecule has 0 fully saturated rings. The average molecular weight is 265 g/mol. The molecule has 0 aliphatic heterocycles. The highest BCUT2D eigenvalue weighted by Gasteiger charge is 2.20. The third-order valence-electron chi connectivity index (χ3n) is 3.05. The van der Waals surface area contributed by atoms with E-state index in [4.69, 9.17) is 22.3 Å². The van der Waals surface area contributed by atoms with Gasteiger partial charge in [0.1, 0.15) is 5.01 Å². The molecule has 1 heterocycles. The number of fused-ring (bicyclic) bond motifs is 1. The maximum absolute atomic E-state index is 6.00. The average Bonchev–Trinajstić information content (AvgIpc) is 2.72. The number of benzene rings is 1. The van der Waals surface area contributed by atoms with Crippen molar-refractivity contribution in [3.8, 4) is 10.6 Å². The monoisotopic (exact) mass is 264 g/mol. The van der Waals surface area contributed by atoms with Crippen molar-refractivity contribution in [2.24, 2.45) is 5.73 Å². The van der Waals surface area contributed by atoms with E-state index in [-0.39, 0.29) is 0 Å². The number of aryl methyl sites for hydroxylation is 1. The fourth-order valence-electron chi connectivity index (χ4n) is 2.15. The summed E-state index contributed by atoms with van der Waals surface area (Å²) < 4.78 is 0. The Bertz CT molecular complexity index is 550. The Morgan fingerprint density at radius 2 is 2.29 bits per heavy atom. The van der Waals surface area contributed by atoms with Crippen LogP contribution in [0.15, 0.2) is 24.3 Å². The fraction of sp³-hybridized carbons (Fsp3) is 0.308. The highest BCUT2D eigenvalue weighted by molar-refractivity contribution is 7.15. The first-order valence-electron chi connectivity index (χ1n) is 5.72. The molecule has 2 aromatic rings. The summed E-state index contributed by atoms with van der Waals surface area (Å²) in [6, 6.07) is 8.16. The van der Waals surface area contributed by atoms with Gasteiger partial charge in [-0.3, -0.25) is 0 Å². The van der Waals surface area contributed by atoms with Gasteiger partial charge in [0.15, 0.2) is 0 Å². The van der Waals surface area contributed by atoms with Gasteiger partial charge in [-0.25, -0.2) is 4.98 Å². The van der Waals surface area contributed by atoms with Crippen LogP contribution in [-0.4, -0.2) is 11.0 Å². The van der Waals surface area contributed by atoms with Gasteiger partial charge in [-0.15, -0.1) is 11.3 Å². The maximum Gasteiger partial charge on any atom is 0.123 e. The maximum atomic E-state index is 6.00. The number of thiazole rings is 1. The van der Waals surface area contributed by atoms with Gasteiger partial charge in [0.05, 0.1) is 5.69 Å². The van der Waals surface area contributed by atoms with Gasteiger partial charge in [-0.1, -0.05) is 23.7 Å². The number of hydrogen-bond donors (Lipinski definition) is 1. The van der Waals surface area contributed by atoms with Crippen LogP contribution in [-0.2, 0) is 12.8 Å². The second-order valence-electron chi connectivity index (χ2n) is 4.40. The lowest BCUT2D eigenvalue weighted by molar-refractivity contribution is 0.576. The van der Waals surface area contributed by atoms with Crippen LogP contribution >= 0.6 is 22.9 Å². The van der Waals surface area contributed by atoms with E-state index in [1.165, 1.54) is 10.6 Å². The molecule has 1 unspecified atom stereocenters. The Morgan fingerprint density at radius 1 is 1.41 bits per heavy atom. The molecule has 17 heavy (non-hydrogen) atoms. The molecule has 0 saturated heterocycles. The first-order chi connectivity index (χ1) is 8.22. The molecule has 4 heteroatoms. The first kappa shape index (κ1) is 11.2. The number of rotatable bonds is 1. The largest absolute Gasteiger partial charge is 0.327 e. The van der Waals surface area contributed by atoms with Gasteiger partial charge in [0.25, 0.3) is 0 Å². The summed E-state index contributed by atoms with van der Waals surface area (Å²) in [6.07, 6.45) is 3.02. The van der Waals surface area contributed by atoms with Gasteiger partial charge in [-0.05, 0) is 31.4 Å². The molecule has 1 atom stereocenters. The second-order valence-corrected chi connectivity index (χ2v) is 5.92. The Morgan fingerprint density at radius 3 is 3.12 bits per heavy atom. The molecule has 1 aromatic carbocycles. The zero-order valence-corrected chi connectivity index (χ0v) is 10.9. The minimum absolute atomic E-state index is 0.301. The van der Waals surface area contributed by atoms with Crippen molar-refractivity contribution >= 4 is 22.9 Å². The Hall–Kier alpha value is -0.900. The summed E-state index contributed by atoms with van der Waals surface area (Å²) in [5.74, 6) is 0. The second kappa shape index (κ2) is 4.41. The van der Waals surface area contributed by atoms with Crippen LogP contribution in [0, 0.1) is 0 Å². The molecule has 2 N–H and O–H groups in total. The Labute approximate surface area is 109 Å². The highest BCUT2D eigenvalue weighted by atomic mass is 35.5. The Kier molecular flexibility index (Phi) is 2.90. The third kappa shape index (κ3) is 2.23. The first-order valence-corrected chi connectivity index (χ1v) is 6.92. The summed E-state index contributed by atoms with van der Waals surface area (Å²) >= 11 is 7.75. The van der Waals surface area contributed by atoms with Crippen LogP contribution in [0.2, 0.25) is 5.02 Å². The number of halogens is 1. The predicted molar refractivity (Wildman–Crippen MR) is 72.6 cm³/mol. The molecular weight excluding hydrogens is 252 g/mol. The zero-order valence-electron chi connectivity index (χ0n) is 9.32. The van der Waals surface area contributed by atoms with E-state index in [9.17, 15) is 0 Å². The van der Waals surface area contributed by atoms with Gasteiger partial charge in [-0.2, -0.15) is 0 Å². The summed E-state index contributed by atoms with van der Waals surface area (Å²) in [6.45, 7) is 0. The minimum Gasteiger partial charge on any atom is -0.327 e. The number of nitrogens with two attached hydrogens (primary N) is 1. The fourth-order valence-corrected chi connectivity index (χ4v) is 3.53. The smallest absolute Gasteiger partial charge is 0.123 e. The summed E-state index contributed by atoms with van der Waals surface area (Å²) in [7, 11) is 0. The molecule has 1 aliphatic rings. The van der Waals surface area contributed by atoms with Gasteiger partial charge < -0.3 is 5.73 Å². The molecule has 1 aliphatic carbocycles. The van der Waals surface area contributed by atoms with E-state index >= 15 is 0 Å². The van der Waals surface area contributed by atoms with Crippen LogP contribution in [0.3, 0.4) is 0 Å². The molecule has 0 spiro atoms. The lowest BCUT2D eigenvalue weighted by Gasteiger charge is -2.15. The molecule has 0 radical (unpaired) electrons. The van der Waals surface area contributed by atoms with E-state index in [0.29, 0.717) is 6.04 Å². The van der Waals surface area contributed by atoms with Crippen LogP contribution in [0.1, 0.15) is 17.0 Å². The van der Waals surface area contributed by atoms with E-state index in [0.717, 1.165) is 34.9 Å². The molecule has 0 bridgehead atoms. The van der Waals surface area contributed by atoms with Crippen molar-refractivity contribution in [3.05, 3.63) is 39.9 Å². The highest BCUT2D eigenvalue weighted by Crippen LogP contribution is 2.33. The predicted octanol–water partition coefficient (Wildman–Crippen LogP) is 3.28. The SMILES string of the molecule is NC1CCc2nc(-c3cccc(Cl)c3)sc2C1.